The average Bonchev–Trinajstić information content (AvgIpc) is 3.22. The molecule has 0 saturated carbocycles. The molecule has 0 radical (unpaired) electrons. The Hall–Kier alpha value is -3.20. The lowest BCUT2D eigenvalue weighted by molar-refractivity contribution is 0.208. The van der Waals surface area contributed by atoms with Gasteiger partial charge in [-0.2, -0.15) is 4.37 Å². The molecule has 1 aliphatic rings. The third-order valence-electron chi connectivity index (χ3n) is 5.14. The van der Waals surface area contributed by atoms with Crippen molar-refractivity contribution in [2.45, 2.75) is 0 Å². The SMILES string of the molecule is COc1cc(NC(=O)N2CCN(c3nsc4ccccc34)CC2)cc(OC)c1OC. The molecule has 2 aromatic carbocycles. The number of aromatic nitrogens is 1. The zero-order valence-electron chi connectivity index (χ0n) is 17.2. The number of urea groups is 1. The van der Waals surface area contributed by atoms with Crippen LogP contribution in [0.3, 0.4) is 0 Å². The van der Waals surface area contributed by atoms with Crippen LogP contribution in [0.2, 0.25) is 0 Å². The number of carbonyl (C=O) groups excluding carboxylic acids is 1. The van der Waals surface area contributed by atoms with E-state index in [1.54, 1.807) is 38.4 Å². The molecule has 0 unspecified atom stereocenters. The molecule has 3 aromatic rings. The lowest BCUT2D eigenvalue weighted by Gasteiger charge is -2.35. The highest BCUT2D eigenvalue weighted by atomic mass is 32.1. The van der Waals surface area contributed by atoms with E-state index < -0.39 is 0 Å². The number of amides is 2. The van der Waals surface area contributed by atoms with Gasteiger partial charge in [-0.15, -0.1) is 0 Å². The molecule has 0 aliphatic carbocycles. The van der Waals surface area contributed by atoms with Gasteiger partial charge in [-0.05, 0) is 23.7 Å². The van der Waals surface area contributed by atoms with E-state index in [0.29, 0.717) is 36.0 Å². The van der Waals surface area contributed by atoms with E-state index in [4.69, 9.17) is 14.2 Å². The molecule has 0 atom stereocenters. The summed E-state index contributed by atoms with van der Waals surface area (Å²) >= 11 is 1.51. The van der Waals surface area contributed by atoms with Crippen molar-refractivity contribution in [3.63, 3.8) is 0 Å². The number of fused-ring (bicyclic) bond motifs is 1. The van der Waals surface area contributed by atoms with Crippen LogP contribution < -0.4 is 24.4 Å². The number of rotatable bonds is 5. The molecule has 1 aromatic heterocycles. The molecule has 1 saturated heterocycles. The highest BCUT2D eigenvalue weighted by molar-refractivity contribution is 7.13. The van der Waals surface area contributed by atoms with Crippen LogP contribution in [0, 0.1) is 0 Å². The highest BCUT2D eigenvalue weighted by Crippen LogP contribution is 2.40. The van der Waals surface area contributed by atoms with Gasteiger partial charge in [-0.3, -0.25) is 0 Å². The number of nitrogens with zero attached hydrogens (tertiary/aromatic N) is 3. The number of carbonyl (C=O) groups is 1. The minimum atomic E-state index is -0.160. The molecule has 1 N–H and O–H groups in total. The minimum Gasteiger partial charge on any atom is -0.493 e. The second-order valence-corrected chi connectivity index (χ2v) is 7.63. The molecule has 2 amide bonds. The third-order valence-corrected chi connectivity index (χ3v) is 5.96. The summed E-state index contributed by atoms with van der Waals surface area (Å²) in [5, 5.41) is 4.10. The summed E-state index contributed by atoms with van der Waals surface area (Å²) in [4.78, 5) is 16.8. The lowest BCUT2D eigenvalue weighted by Crippen LogP contribution is -2.50. The Morgan fingerprint density at radius 3 is 2.30 bits per heavy atom. The van der Waals surface area contributed by atoms with Gasteiger partial charge in [0.2, 0.25) is 5.75 Å². The van der Waals surface area contributed by atoms with Crippen LogP contribution in [0.5, 0.6) is 17.2 Å². The molecule has 0 spiro atoms. The number of piperazine rings is 1. The number of anilines is 2. The summed E-state index contributed by atoms with van der Waals surface area (Å²) in [5.41, 5.74) is 0.586. The van der Waals surface area contributed by atoms with Gasteiger partial charge in [-0.1, -0.05) is 12.1 Å². The number of hydrogen-bond donors (Lipinski definition) is 1. The van der Waals surface area contributed by atoms with Crippen molar-refractivity contribution in [1.29, 1.82) is 0 Å². The maximum absolute atomic E-state index is 12.8. The number of nitrogens with one attached hydrogen (secondary N) is 1. The normalized spacial score (nSPS) is 14.0. The van der Waals surface area contributed by atoms with Crippen LogP contribution in [-0.2, 0) is 0 Å². The first-order valence-corrected chi connectivity index (χ1v) is 10.4. The first kappa shape index (κ1) is 20.1. The molecule has 8 nitrogen and oxygen atoms in total. The van der Waals surface area contributed by atoms with Gasteiger partial charge in [0.15, 0.2) is 11.5 Å². The fourth-order valence-electron chi connectivity index (χ4n) is 3.58. The summed E-state index contributed by atoms with van der Waals surface area (Å²) in [7, 11) is 4.64. The first-order valence-electron chi connectivity index (χ1n) is 9.60. The second kappa shape index (κ2) is 8.66. The number of benzene rings is 2. The summed E-state index contributed by atoms with van der Waals surface area (Å²) in [5.74, 6) is 2.47. The monoisotopic (exact) mass is 428 g/mol. The molecule has 0 bridgehead atoms. The Labute approximate surface area is 179 Å². The Balaban J connectivity index is 1.42. The maximum atomic E-state index is 12.8. The third kappa shape index (κ3) is 3.80. The predicted octanol–water partition coefficient (Wildman–Crippen LogP) is 3.68. The van der Waals surface area contributed by atoms with E-state index in [1.807, 2.05) is 12.1 Å². The Morgan fingerprint density at radius 2 is 1.67 bits per heavy atom. The van der Waals surface area contributed by atoms with Gasteiger partial charge in [0.1, 0.15) is 5.82 Å². The number of methoxy groups -OCH3 is 3. The summed E-state index contributed by atoms with van der Waals surface area (Å²) in [6.45, 7) is 2.69. The standard InChI is InChI=1S/C21H24N4O4S/c1-27-16-12-14(13-17(28-2)19(16)29-3)22-21(26)25-10-8-24(9-11-25)20-15-6-4-5-7-18(15)30-23-20/h4-7,12-13H,8-11H2,1-3H3,(H,22,26). The topological polar surface area (TPSA) is 76.2 Å². The van der Waals surface area contributed by atoms with Crippen molar-refractivity contribution in [3.8, 4) is 17.2 Å². The summed E-state index contributed by atoms with van der Waals surface area (Å²) in [6, 6.07) is 11.5. The molecule has 30 heavy (non-hydrogen) atoms. The molecule has 1 aliphatic heterocycles. The quantitative estimate of drug-likeness (QED) is 0.668. The van der Waals surface area contributed by atoms with Gasteiger partial charge >= 0.3 is 6.03 Å². The summed E-state index contributed by atoms with van der Waals surface area (Å²) in [6.07, 6.45) is 0. The van der Waals surface area contributed by atoms with Crippen molar-refractivity contribution in [1.82, 2.24) is 9.27 Å². The van der Waals surface area contributed by atoms with Crippen molar-refractivity contribution in [2.24, 2.45) is 0 Å². The predicted molar refractivity (Wildman–Crippen MR) is 119 cm³/mol. The zero-order chi connectivity index (χ0) is 21.1. The van der Waals surface area contributed by atoms with Gasteiger partial charge in [0, 0.05) is 43.7 Å². The lowest BCUT2D eigenvalue weighted by atomic mass is 10.2. The molecular weight excluding hydrogens is 404 g/mol. The van der Waals surface area contributed by atoms with E-state index >= 15 is 0 Å². The molecule has 158 valence electrons. The first-order chi connectivity index (χ1) is 14.6. The average molecular weight is 429 g/mol. The Morgan fingerprint density at radius 1 is 1.00 bits per heavy atom. The van der Waals surface area contributed by atoms with E-state index in [1.165, 1.54) is 16.2 Å². The Kier molecular flexibility index (Phi) is 5.80. The molecular formula is C21H24N4O4S. The fourth-order valence-corrected chi connectivity index (χ4v) is 4.37. The number of ether oxygens (including phenoxy) is 3. The second-order valence-electron chi connectivity index (χ2n) is 6.82. The molecule has 2 heterocycles. The van der Waals surface area contributed by atoms with Gasteiger partial charge in [0.05, 0.1) is 31.7 Å². The van der Waals surface area contributed by atoms with Crippen LogP contribution in [0.15, 0.2) is 36.4 Å². The van der Waals surface area contributed by atoms with Gasteiger partial charge in [0.25, 0.3) is 0 Å². The zero-order valence-corrected chi connectivity index (χ0v) is 18.0. The van der Waals surface area contributed by atoms with Crippen molar-refractivity contribution < 1.29 is 19.0 Å². The van der Waals surface area contributed by atoms with Crippen molar-refractivity contribution in [2.75, 3.05) is 57.7 Å². The molecule has 4 rings (SSSR count). The van der Waals surface area contributed by atoms with Gasteiger partial charge in [-0.25, -0.2) is 4.79 Å². The van der Waals surface area contributed by atoms with Crippen LogP contribution in [0.25, 0.3) is 10.1 Å². The van der Waals surface area contributed by atoms with Crippen LogP contribution in [0.4, 0.5) is 16.3 Å². The highest BCUT2D eigenvalue weighted by Gasteiger charge is 2.24. The van der Waals surface area contributed by atoms with Crippen molar-refractivity contribution >= 4 is 39.2 Å². The van der Waals surface area contributed by atoms with Crippen LogP contribution in [-0.4, -0.2) is 62.8 Å². The van der Waals surface area contributed by atoms with E-state index in [0.717, 1.165) is 24.3 Å². The molecule has 9 heteroatoms. The van der Waals surface area contributed by atoms with Crippen LogP contribution in [0.1, 0.15) is 0 Å². The van der Waals surface area contributed by atoms with E-state index in [9.17, 15) is 4.79 Å². The van der Waals surface area contributed by atoms with Crippen LogP contribution >= 0.6 is 11.5 Å². The fraction of sp³-hybridized carbons (Fsp3) is 0.333. The van der Waals surface area contributed by atoms with Crippen molar-refractivity contribution in [3.05, 3.63) is 36.4 Å². The van der Waals surface area contributed by atoms with E-state index in [2.05, 4.69) is 26.7 Å². The molecule has 1 fully saturated rings. The van der Waals surface area contributed by atoms with Gasteiger partial charge < -0.3 is 29.3 Å². The minimum absolute atomic E-state index is 0.160. The maximum Gasteiger partial charge on any atom is 0.321 e. The summed E-state index contributed by atoms with van der Waals surface area (Å²) < 4.78 is 21.8. The largest absolute Gasteiger partial charge is 0.493 e. The smallest absolute Gasteiger partial charge is 0.321 e. The van der Waals surface area contributed by atoms with E-state index in [-0.39, 0.29) is 6.03 Å². The Bertz CT molecular complexity index is 1020. The number of hydrogen-bond acceptors (Lipinski definition) is 7.